The lowest BCUT2D eigenvalue weighted by Crippen LogP contribution is -2.37. The van der Waals surface area contributed by atoms with E-state index in [1.807, 2.05) is 52.2 Å². The third-order valence-corrected chi connectivity index (χ3v) is 5.79. The number of ether oxygens (including phenoxy) is 2. The number of methoxy groups -OCH3 is 1. The molecule has 2 aromatic rings. The van der Waals surface area contributed by atoms with E-state index >= 15 is 0 Å². The summed E-state index contributed by atoms with van der Waals surface area (Å²) in [6.07, 6.45) is 7.01. The lowest BCUT2D eigenvalue weighted by atomic mass is 9.83. The van der Waals surface area contributed by atoms with Crippen LogP contribution in [0, 0.1) is 5.92 Å². The van der Waals surface area contributed by atoms with E-state index in [1.54, 1.807) is 7.11 Å². The first-order valence-corrected chi connectivity index (χ1v) is 10.9. The van der Waals surface area contributed by atoms with Crippen molar-refractivity contribution in [3.63, 3.8) is 0 Å². The zero-order chi connectivity index (χ0) is 21.7. The van der Waals surface area contributed by atoms with Crippen molar-refractivity contribution in [1.29, 1.82) is 0 Å². The first-order chi connectivity index (χ1) is 14.3. The van der Waals surface area contributed by atoms with Crippen LogP contribution in [0.4, 0.5) is 4.79 Å². The van der Waals surface area contributed by atoms with Crippen LogP contribution in [0.25, 0.3) is 11.3 Å². The molecule has 1 amide bonds. The van der Waals surface area contributed by atoms with E-state index in [2.05, 4.69) is 22.0 Å². The normalized spacial score (nSPS) is 20.6. The molecule has 0 aliphatic heterocycles. The Morgan fingerprint density at radius 3 is 2.47 bits per heavy atom. The van der Waals surface area contributed by atoms with Crippen LogP contribution < -0.4 is 5.32 Å². The highest BCUT2D eigenvalue weighted by Crippen LogP contribution is 2.34. The molecular weight excluding hydrogens is 378 g/mol. The van der Waals surface area contributed by atoms with E-state index in [1.165, 1.54) is 0 Å². The van der Waals surface area contributed by atoms with Crippen molar-refractivity contribution >= 4 is 6.09 Å². The second-order valence-electron chi connectivity index (χ2n) is 9.24. The van der Waals surface area contributed by atoms with E-state index in [0.29, 0.717) is 12.0 Å². The Balaban J connectivity index is 1.80. The Kier molecular flexibility index (Phi) is 7.19. The van der Waals surface area contributed by atoms with Crippen molar-refractivity contribution in [1.82, 2.24) is 14.9 Å². The number of imidazole rings is 1. The molecule has 1 aromatic carbocycles. The Morgan fingerprint density at radius 2 is 1.87 bits per heavy atom. The molecule has 1 fully saturated rings. The first-order valence-electron chi connectivity index (χ1n) is 10.9. The fourth-order valence-corrected chi connectivity index (χ4v) is 4.24. The standard InChI is InChI=1S/C24H35N3O3/c1-24(2,3)30-23(28)26-20(15-17-11-13-19(29-5)14-12-17)22-25-16-21(27(22)4)18-9-7-6-8-10-18/h6-10,16-17,19-20H,11-15H2,1-5H3,(H,26,28)/t17?,19?,20-/m0/s1. The number of amides is 1. The maximum absolute atomic E-state index is 12.6. The Bertz CT molecular complexity index is 818. The third kappa shape index (κ3) is 5.85. The van der Waals surface area contributed by atoms with E-state index in [-0.39, 0.29) is 6.04 Å². The molecule has 30 heavy (non-hydrogen) atoms. The smallest absolute Gasteiger partial charge is 0.408 e. The number of alkyl carbamates (subject to hydrolysis) is 1. The number of hydrogen-bond donors (Lipinski definition) is 1. The number of nitrogens with one attached hydrogen (secondary N) is 1. The molecule has 0 saturated heterocycles. The number of aromatic nitrogens is 2. The first kappa shape index (κ1) is 22.3. The van der Waals surface area contributed by atoms with Gasteiger partial charge in [0.15, 0.2) is 0 Å². The minimum Gasteiger partial charge on any atom is -0.444 e. The molecule has 3 rings (SSSR count). The zero-order valence-electron chi connectivity index (χ0n) is 18.9. The topological polar surface area (TPSA) is 65.4 Å². The van der Waals surface area contributed by atoms with Crippen molar-refractivity contribution in [2.45, 2.75) is 70.6 Å². The number of rotatable bonds is 6. The fraction of sp³-hybridized carbons (Fsp3) is 0.583. The Labute approximate surface area is 180 Å². The summed E-state index contributed by atoms with van der Waals surface area (Å²) >= 11 is 0. The van der Waals surface area contributed by atoms with Crippen molar-refractivity contribution < 1.29 is 14.3 Å². The third-order valence-electron chi connectivity index (χ3n) is 5.79. The summed E-state index contributed by atoms with van der Waals surface area (Å²) in [6, 6.07) is 9.99. The summed E-state index contributed by atoms with van der Waals surface area (Å²) in [7, 11) is 3.80. The van der Waals surface area contributed by atoms with Gasteiger partial charge in [0.1, 0.15) is 11.4 Å². The molecule has 0 bridgehead atoms. The minimum absolute atomic E-state index is 0.202. The second kappa shape index (κ2) is 9.65. The average molecular weight is 414 g/mol. The van der Waals surface area contributed by atoms with Crippen LogP contribution >= 0.6 is 0 Å². The largest absolute Gasteiger partial charge is 0.444 e. The average Bonchev–Trinajstić information content (AvgIpc) is 3.08. The highest BCUT2D eigenvalue weighted by atomic mass is 16.6. The van der Waals surface area contributed by atoms with Gasteiger partial charge in [0.2, 0.25) is 0 Å². The number of benzene rings is 1. The quantitative estimate of drug-likeness (QED) is 0.703. The van der Waals surface area contributed by atoms with E-state index in [9.17, 15) is 4.79 Å². The molecule has 1 atom stereocenters. The molecule has 0 radical (unpaired) electrons. The van der Waals surface area contributed by atoms with Gasteiger partial charge < -0.3 is 19.4 Å². The van der Waals surface area contributed by atoms with Gasteiger partial charge in [0.25, 0.3) is 0 Å². The zero-order valence-corrected chi connectivity index (χ0v) is 18.9. The summed E-state index contributed by atoms with van der Waals surface area (Å²) < 4.78 is 13.1. The summed E-state index contributed by atoms with van der Waals surface area (Å²) in [5.74, 6) is 1.38. The van der Waals surface area contributed by atoms with Crippen molar-refractivity contribution in [2.24, 2.45) is 13.0 Å². The van der Waals surface area contributed by atoms with Crippen LogP contribution in [0.15, 0.2) is 36.5 Å². The summed E-state index contributed by atoms with van der Waals surface area (Å²) in [6.45, 7) is 5.63. The van der Waals surface area contributed by atoms with Gasteiger partial charge >= 0.3 is 6.09 Å². The number of carbonyl (C=O) groups is 1. The van der Waals surface area contributed by atoms with Gasteiger partial charge in [-0.2, -0.15) is 0 Å². The number of hydrogen-bond acceptors (Lipinski definition) is 4. The molecular formula is C24H35N3O3. The minimum atomic E-state index is -0.540. The van der Waals surface area contributed by atoms with E-state index in [4.69, 9.17) is 14.5 Å². The highest BCUT2D eigenvalue weighted by Gasteiger charge is 2.29. The van der Waals surface area contributed by atoms with Crippen molar-refractivity contribution in [2.75, 3.05) is 7.11 Å². The van der Waals surface area contributed by atoms with Gasteiger partial charge in [0.05, 0.1) is 24.0 Å². The van der Waals surface area contributed by atoms with Gasteiger partial charge in [-0.25, -0.2) is 9.78 Å². The van der Waals surface area contributed by atoms with Gasteiger partial charge in [0, 0.05) is 14.2 Å². The van der Waals surface area contributed by atoms with Gasteiger partial charge in [-0.3, -0.25) is 0 Å². The molecule has 164 valence electrons. The van der Waals surface area contributed by atoms with Crippen LogP contribution in [-0.2, 0) is 16.5 Å². The SMILES string of the molecule is COC1CCC(C[C@H](NC(=O)OC(C)(C)C)c2ncc(-c3ccccc3)n2C)CC1. The lowest BCUT2D eigenvalue weighted by Gasteiger charge is -2.31. The molecule has 6 heteroatoms. The van der Waals surface area contributed by atoms with Crippen molar-refractivity contribution in [3.8, 4) is 11.3 Å². The maximum atomic E-state index is 12.6. The fourth-order valence-electron chi connectivity index (χ4n) is 4.24. The maximum Gasteiger partial charge on any atom is 0.408 e. The Hall–Kier alpha value is -2.34. The van der Waals surface area contributed by atoms with Gasteiger partial charge in [-0.05, 0) is 64.4 Å². The molecule has 1 aliphatic rings. The molecule has 0 unspecified atom stereocenters. The molecule has 1 N–H and O–H groups in total. The van der Waals surface area contributed by atoms with Crippen LogP contribution in [0.1, 0.15) is 64.7 Å². The molecule has 1 heterocycles. The monoisotopic (exact) mass is 413 g/mol. The molecule has 1 aromatic heterocycles. The van der Waals surface area contributed by atoms with Crippen LogP contribution in [0.3, 0.4) is 0 Å². The summed E-state index contributed by atoms with van der Waals surface area (Å²) in [5.41, 5.74) is 1.60. The molecule has 1 saturated carbocycles. The number of nitrogens with zero attached hydrogens (tertiary/aromatic N) is 2. The lowest BCUT2D eigenvalue weighted by molar-refractivity contribution is 0.0442. The predicted molar refractivity (Wildman–Crippen MR) is 118 cm³/mol. The molecule has 0 spiro atoms. The van der Waals surface area contributed by atoms with Crippen LogP contribution in [0.5, 0.6) is 0 Å². The van der Waals surface area contributed by atoms with Crippen LogP contribution in [0.2, 0.25) is 0 Å². The predicted octanol–water partition coefficient (Wildman–Crippen LogP) is 5.25. The van der Waals surface area contributed by atoms with Gasteiger partial charge in [-0.15, -0.1) is 0 Å². The van der Waals surface area contributed by atoms with Gasteiger partial charge in [-0.1, -0.05) is 30.3 Å². The van der Waals surface area contributed by atoms with Crippen LogP contribution in [-0.4, -0.2) is 34.5 Å². The summed E-state index contributed by atoms with van der Waals surface area (Å²) in [5, 5.41) is 3.09. The van der Waals surface area contributed by atoms with Crippen molar-refractivity contribution in [3.05, 3.63) is 42.4 Å². The molecule has 1 aliphatic carbocycles. The Morgan fingerprint density at radius 1 is 1.20 bits per heavy atom. The number of carbonyl (C=O) groups excluding carboxylic acids is 1. The highest BCUT2D eigenvalue weighted by molar-refractivity contribution is 5.68. The molecule has 6 nitrogen and oxygen atoms in total. The summed E-state index contributed by atoms with van der Waals surface area (Å²) in [4.78, 5) is 17.3. The van der Waals surface area contributed by atoms with E-state index in [0.717, 1.165) is 49.2 Å². The second-order valence-corrected chi connectivity index (χ2v) is 9.24. The van der Waals surface area contributed by atoms with E-state index < -0.39 is 11.7 Å².